The third-order valence-corrected chi connectivity index (χ3v) is 7.27. The molecular weight excluding hydrogens is 524 g/mol. The Labute approximate surface area is 228 Å². The summed E-state index contributed by atoms with van der Waals surface area (Å²) in [7, 11) is 1.60. The van der Waals surface area contributed by atoms with Gasteiger partial charge in [-0.15, -0.1) is 0 Å². The molecule has 4 aromatic rings. The van der Waals surface area contributed by atoms with E-state index in [0.29, 0.717) is 35.2 Å². The Morgan fingerprint density at radius 2 is 1.68 bits per heavy atom. The molecule has 2 amide bonds. The molecule has 2 heterocycles. The molecule has 0 atom stereocenters. The second-order valence-electron chi connectivity index (χ2n) is 8.49. The van der Waals surface area contributed by atoms with Gasteiger partial charge < -0.3 is 14.0 Å². The van der Waals surface area contributed by atoms with Crippen molar-refractivity contribution >= 4 is 57.3 Å². The Hall–Kier alpha value is -4.01. The van der Waals surface area contributed by atoms with E-state index in [4.69, 9.17) is 21.1 Å². The number of amides is 2. The Bertz CT molecular complexity index is 1560. The summed E-state index contributed by atoms with van der Waals surface area (Å²) in [5, 5.41) is 0.965. The monoisotopic (exact) mass is 546 g/mol. The van der Waals surface area contributed by atoms with Crippen molar-refractivity contribution in [1.82, 2.24) is 9.47 Å². The zero-order chi connectivity index (χ0) is 26.6. The third-order valence-electron chi connectivity index (χ3n) is 6.11. The summed E-state index contributed by atoms with van der Waals surface area (Å²) in [5.41, 5.74) is 2.16. The summed E-state index contributed by atoms with van der Waals surface area (Å²) >= 11 is 6.72. The normalized spacial score (nSPS) is 14.5. The van der Waals surface area contributed by atoms with Crippen molar-refractivity contribution in [3.63, 3.8) is 0 Å². The van der Waals surface area contributed by atoms with E-state index < -0.39 is 11.1 Å². The second kappa shape index (κ2) is 11.2. The predicted molar refractivity (Wildman–Crippen MR) is 149 cm³/mol. The number of hydrogen-bond acceptors (Lipinski definition) is 6. The van der Waals surface area contributed by atoms with E-state index in [1.165, 1.54) is 0 Å². The Morgan fingerprint density at radius 3 is 2.45 bits per heavy atom. The van der Waals surface area contributed by atoms with Crippen molar-refractivity contribution in [3.8, 4) is 11.5 Å². The average Bonchev–Trinajstić information content (AvgIpc) is 3.41. The summed E-state index contributed by atoms with van der Waals surface area (Å²) in [6, 6.07) is 21.6. The molecular formula is C29H23ClN2O5S. The number of imide groups is 1. The quantitative estimate of drug-likeness (QED) is 0.181. The van der Waals surface area contributed by atoms with Crippen molar-refractivity contribution in [3.05, 3.63) is 100 Å². The molecule has 5 rings (SSSR count). The molecule has 0 radical (unpaired) electrons. The lowest BCUT2D eigenvalue weighted by atomic mass is 10.1. The number of thioether (sulfide) groups is 1. The number of fused-ring (bicyclic) bond motifs is 1. The number of carbonyl (C=O) groups is 3. The first-order valence-electron chi connectivity index (χ1n) is 11.8. The number of halogens is 1. The number of rotatable bonds is 9. The Balaban J connectivity index is 1.34. The number of ketones is 1. The minimum absolute atomic E-state index is 0.270. The molecule has 0 saturated carbocycles. The molecule has 0 bridgehead atoms. The highest BCUT2D eigenvalue weighted by atomic mass is 35.5. The van der Waals surface area contributed by atoms with Gasteiger partial charge in [-0.25, -0.2) is 0 Å². The molecule has 3 aromatic carbocycles. The van der Waals surface area contributed by atoms with E-state index in [1.807, 2.05) is 59.3 Å². The summed E-state index contributed by atoms with van der Waals surface area (Å²) in [6.45, 7) is 0.636. The number of hydrogen-bond donors (Lipinski definition) is 0. The average molecular weight is 547 g/mol. The maximum atomic E-state index is 13.1. The highest BCUT2D eigenvalue weighted by molar-refractivity contribution is 8.18. The molecule has 0 N–H and O–H groups in total. The van der Waals surface area contributed by atoms with Crippen molar-refractivity contribution < 1.29 is 23.9 Å². The van der Waals surface area contributed by atoms with Gasteiger partial charge in [0.2, 0.25) is 0 Å². The van der Waals surface area contributed by atoms with Gasteiger partial charge >= 0.3 is 0 Å². The van der Waals surface area contributed by atoms with E-state index in [-0.39, 0.29) is 17.2 Å². The van der Waals surface area contributed by atoms with Crippen LogP contribution in [-0.4, -0.2) is 46.7 Å². The minimum Gasteiger partial charge on any atom is -0.493 e. The molecule has 192 valence electrons. The van der Waals surface area contributed by atoms with Crippen LogP contribution in [0.5, 0.6) is 11.5 Å². The van der Waals surface area contributed by atoms with Gasteiger partial charge in [0, 0.05) is 33.2 Å². The van der Waals surface area contributed by atoms with Crippen LogP contribution in [0, 0.1) is 0 Å². The van der Waals surface area contributed by atoms with Gasteiger partial charge in [-0.05, 0) is 60.3 Å². The van der Waals surface area contributed by atoms with E-state index in [0.717, 1.165) is 33.1 Å². The largest absolute Gasteiger partial charge is 0.493 e. The predicted octanol–water partition coefficient (Wildman–Crippen LogP) is 6.30. The van der Waals surface area contributed by atoms with Crippen molar-refractivity contribution in [2.45, 2.75) is 6.54 Å². The lowest BCUT2D eigenvalue weighted by Gasteiger charge is -2.11. The fourth-order valence-electron chi connectivity index (χ4n) is 4.22. The number of methoxy groups -OCH3 is 1. The van der Waals surface area contributed by atoms with E-state index in [1.54, 1.807) is 37.5 Å². The molecule has 38 heavy (non-hydrogen) atoms. The van der Waals surface area contributed by atoms with Crippen LogP contribution in [0.1, 0.15) is 15.9 Å². The van der Waals surface area contributed by atoms with Crippen molar-refractivity contribution in [2.75, 3.05) is 20.3 Å². The summed E-state index contributed by atoms with van der Waals surface area (Å²) in [5.74, 6) is 0.500. The maximum absolute atomic E-state index is 13.1. The van der Waals surface area contributed by atoms with Crippen LogP contribution in [0.15, 0.2) is 83.9 Å². The zero-order valence-corrected chi connectivity index (χ0v) is 22.0. The van der Waals surface area contributed by atoms with E-state index in [9.17, 15) is 14.4 Å². The van der Waals surface area contributed by atoms with Gasteiger partial charge in [-0.2, -0.15) is 0 Å². The fraction of sp³-hybridized carbons (Fsp3) is 0.138. The zero-order valence-electron chi connectivity index (χ0n) is 20.4. The highest BCUT2D eigenvalue weighted by Gasteiger charge is 2.36. The summed E-state index contributed by atoms with van der Waals surface area (Å²) < 4.78 is 13.3. The van der Waals surface area contributed by atoms with Crippen molar-refractivity contribution in [2.24, 2.45) is 0 Å². The first kappa shape index (κ1) is 25.6. The molecule has 9 heteroatoms. The Morgan fingerprint density at radius 1 is 0.974 bits per heavy atom. The van der Waals surface area contributed by atoms with Crippen molar-refractivity contribution in [1.29, 1.82) is 0 Å². The fourth-order valence-corrected chi connectivity index (χ4v) is 5.17. The van der Waals surface area contributed by atoms with Crippen LogP contribution >= 0.6 is 23.4 Å². The minimum atomic E-state index is -0.487. The molecule has 0 aliphatic carbocycles. The van der Waals surface area contributed by atoms with Gasteiger partial charge in [0.1, 0.15) is 6.61 Å². The van der Waals surface area contributed by atoms with Gasteiger partial charge in [-0.1, -0.05) is 41.9 Å². The van der Waals surface area contributed by atoms with Crippen LogP contribution in [0.4, 0.5) is 4.79 Å². The second-order valence-corrected chi connectivity index (χ2v) is 9.92. The molecule has 1 aromatic heterocycles. The summed E-state index contributed by atoms with van der Waals surface area (Å²) in [6.07, 6.45) is 3.64. The topological polar surface area (TPSA) is 77.8 Å². The first-order chi connectivity index (χ1) is 18.4. The maximum Gasteiger partial charge on any atom is 0.293 e. The first-order valence-corrected chi connectivity index (χ1v) is 13.0. The van der Waals surface area contributed by atoms with E-state index in [2.05, 4.69) is 0 Å². The van der Waals surface area contributed by atoms with Crippen LogP contribution in [0.2, 0.25) is 5.02 Å². The lowest BCUT2D eigenvalue weighted by molar-refractivity contribution is -0.122. The van der Waals surface area contributed by atoms with Crippen LogP contribution < -0.4 is 9.47 Å². The van der Waals surface area contributed by atoms with E-state index >= 15 is 0 Å². The lowest BCUT2D eigenvalue weighted by Crippen LogP contribution is -2.33. The number of para-hydroxylation sites is 3. The van der Waals surface area contributed by atoms with Crippen LogP contribution in [0.25, 0.3) is 17.0 Å². The number of Topliss-reactive ketones (excluding diaryl/α,β-unsaturated/α-hetero) is 1. The smallest absolute Gasteiger partial charge is 0.293 e. The number of ether oxygens (including phenoxy) is 2. The number of benzene rings is 3. The SMILES string of the molecule is COc1ccccc1OCCn1cc(/C=C2\SC(=O)N(CC(=O)c3ccc(Cl)cc3)C2=O)c2ccccc21. The van der Waals surface area contributed by atoms with Crippen LogP contribution in [0.3, 0.4) is 0 Å². The highest BCUT2D eigenvalue weighted by Crippen LogP contribution is 2.34. The third kappa shape index (κ3) is 5.32. The number of carbonyl (C=O) groups excluding carboxylic acids is 3. The van der Waals surface area contributed by atoms with Gasteiger partial charge in [0.25, 0.3) is 11.1 Å². The van der Waals surface area contributed by atoms with Gasteiger partial charge in [0.15, 0.2) is 17.3 Å². The van der Waals surface area contributed by atoms with Crippen LogP contribution in [-0.2, 0) is 11.3 Å². The molecule has 7 nitrogen and oxygen atoms in total. The molecule has 1 aliphatic rings. The molecule has 0 unspecified atom stereocenters. The summed E-state index contributed by atoms with van der Waals surface area (Å²) in [4.78, 5) is 39.6. The molecule has 1 fully saturated rings. The van der Waals surface area contributed by atoms with Gasteiger partial charge in [-0.3, -0.25) is 19.3 Å². The number of nitrogens with zero attached hydrogens (tertiary/aromatic N) is 2. The standard InChI is InChI=1S/C29H23ClN2O5S/c1-36-25-8-4-5-9-26(25)37-15-14-31-17-20(22-6-2-3-7-23(22)31)16-27-28(34)32(29(35)38-27)18-24(33)19-10-12-21(30)13-11-19/h2-13,16-17H,14-15,18H2,1H3/b27-16-. The molecule has 1 saturated heterocycles. The molecule has 1 aliphatic heterocycles. The molecule has 0 spiro atoms. The number of aromatic nitrogens is 1. The van der Waals surface area contributed by atoms with Gasteiger partial charge in [0.05, 0.1) is 25.1 Å². The Kier molecular flexibility index (Phi) is 7.53.